The summed E-state index contributed by atoms with van der Waals surface area (Å²) in [6.45, 7) is 3.67. The second kappa shape index (κ2) is 4.06. The maximum atomic E-state index is 5.88. The predicted molar refractivity (Wildman–Crippen MR) is 58.5 cm³/mol. The lowest BCUT2D eigenvalue weighted by molar-refractivity contribution is 0.753. The first-order chi connectivity index (χ1) is 7.33. The molecule has 0 aliphatic carbocycles. The minimum absolute atomic E-state index is 0.215. The van der Waals surface area contributed by atoms with Crippen LogP contribution >= 0.6 is 0 Å². The normalized spacial score (nSPS) is 12.3. The van der Waals surface area contributed by atoms with Crippen molar-refractivity contribution in [1.82, 2.24) is 14.8 Å². The molecule has 0 spiro atoms. The van der Waals surface area contributed by atoms with Crippen LogP contribution in [-0.4, -0.2) is 14.8 Å². The Bertz CT molecular complexity index is 447. The van der Waals surface area contributed by atoms with Crippen molar-refractivity contribution in [2.75, 3.05) is 0 Å². The zero-order valence-corrected chi connectivity index (χ0v) is 8.24. The lowest BCUT2D eigenvalue weighted by Crippen LogP contribution is -2.13. The van der Waals surface area contributed by atoms with Crippen molar-refractivity contribution in [2.24, 2.45) is 5.73 Å². The highest BCUT2D eigenvalue weighted by atomic mass is 15.3. The molecule has 0 saturated heterocycles. The first kappa shape index (κ1) is 9.61. The first-order valence-corrected chi connectivity index (χ1v) is 4.65. The van der Waals surface area contributed by atoms with Gasteiger partial charge in [-0.05, 0) is 18.2 Å². The molecule has 0 aromatic carbocycles. The van der Waals surface area contributed by atoms with Crippen LogP contribution in [0.1, 0.15) is 11.7 Å². The SMILES string of the molecule is C=CC(N)c1ccnn1-c1cccnc1. The molecule has 2 rings (SSSR count). The molecular formula is C11H12N4. The fourth-order valence-corrected chi connectivity index (χ4v) is 1.38. The van der Waals surface area contributed by atoms with Crippen molar-refractivity contribution in [3.8, 4) is 5.69 Å². The average molecular weight is 200 g/mol. The Balaban J connectivity index is 2.46. The summed E-state index contributed by atoms with van der Waals surface area (Å²) in [6, 6.07) is 5.45. The van der Waals surface area contributed by atoms with Crippen LogP contribution in [0.4, 0.5) is 0 Å². The zero-order chi connectivity index (χ0) is 10.7. The van der Waals surface area contributed by atoms with Crippen molar-refractivity contribution in [2.45, 2.75) is 6.04 Å². The molecule has 0 aliphatic rings. The van der Waals surface area contributed by atoms with Crippen molar-refractivity contribution < 1.29 is 0 Å². The second-order valence-corrected chi connectivity index (χ2v) is 3.14. The number of hydrogen-bond acceptors (Lipinski definition) is 3. The van der Waals surface area contributed by atoms with E-state index in [1.165, 1.54) is 0 Å². The number of aromatic nitrogens is 3. The van der Waals surface area contributed by atoms with Crippen LogP contribution in [0.5, 0.6) is 0 Å². The van der Waals surface area contributed by atoms with E-state index >= 15 is 0 Å². The van der Waals surface area contributed by atoms with Crippen LogP contribution in [0.25, 0.3) is 5.69 Å². The summed E-state index contributed by atoms with van der Waals surface area (Å²) in [6.07, 6.45) is 6.86. The molecular weight excluding hydrogens is 188 g/mol. The van der Waals surface area contributed by atoms with Crippen molar-refractivity contribution in [1.29, 1.82) is 0 Å². The maximum absolute atomic E-state index is 5.88. The van der Waals surface area contributed by atoms with Crippen molar-refractivity contribution >= 4 is 0 Å². The van der Waals surface area contributed by atoms with E-state index < -0.39 is 0 Å². The minimum Gasteiger partial charge on any atom is -0.319 e. The Hall–Kier alpha value is -1.94. The third-order valence-electron chi connectivity index (χ3n) is 2.16. The van der Waals surface area contributed by atoms with E-state index in [4.69, 9.17) is 5.73 Å². The molecule has 0 fully saturated rings. The molecule has 15 heavy (non-hydrogen) atoms. The summed E-state index contributed by atoms with van der Waals surface area (Å²) in [5, 5.41) is 4.20. The number of pyridine rings is 1. The fraction of sp³-hybridized carbons (Fsp3) is 0.0909. The van der Waals surface area contributed by atoms with Gasteiger partial charge in [-0.1, -0.05) is 6.08 Å². The van der Waals surface area contributed by atoms with Gasteiger partial charge in [0.1, 0.15) is 0 Å². The third-order valence-corrected chi connectivity index (χ3v) is 2.16. The third kappa shape index (κ3) is 1.80. The molecule has 0 radical (unpaired) electrons. The lowest BCUT2D eigenvalue weighted by atomic mass is 10.2. The van der Waals surface area contributed by atoms with Crippen molar-refractivity contribution in [3.05, 3.63) is 55.1 Å². The molecule has 4 heteroatoms. The lowest BCUT2D eigenvalue weighted by Gasteiger charge is -2.09. The zero-order valence-electron chi connectivity index (χ0n) is 8.24. The number of nitrogens with zero attached hydrogens (tertiary/aromatic N) is 3. The van der Waals surface area contributed by atoms with Crippen LogP contribution in [-0.2, 0) is 0 Å². The summed E-state index contributed by atoms with van der Waals surface area (Å²) in [5.41, 5.74) is 7.68. The van der Waals surface area contributed by atoms with Crippen LogP contribution in [0.2, 0.25) is 0 Å². The molecule has 2 N–H and O–H groups in total. The summed E-state index contributed by atoms with van der Waals surface area (Å²) in [4.78, 5) is 4.04. The molecule has 76 valence electrons. The van der Waals surface area contributed by atoms with Crippen LogP contribution in [0, 0.1) is 0 Å². The standard InChI is InChI=1S/C11H12N4/c1-2-10(12)11-5-7-14-15(11)9-4-3-6-13-8-9/h2-8,10H,1,12H2. The Morgan fingerprint density at radius 1 is 1.40 bits per heavy atom. The molecule has 1 atom stereocenters. The van der Waals surface area contributed by atoms with E-state index in [0.717, 1.165) is 11.4 Å². The average Bonchev–Trinajstić information content (AvgIpc) is 2.78. The maximum Gasteiger partial charge on any atom is 0.0832 e. The highest BCUT2D eigenvalue weighted by Gasteiger charge is 2.09. The van der Waals surface area contributed by atoms with Gasteiger partial charge in [-0.2, -0.15) is 5.10 Å². The summed E-state index contributed by atoms with van der Waals surface area (Å²) in [5.74, 6) is 0. The van der Waals surface area contributed by atoms with Gasteiger partial charge < -0.3 is 5.73 Å². The molecule has 2 heterocycles. The monoisotopic (exact) mass is 200 g/mol. The smallest absolute Gasteiger partial charge is 0.0832 e. The van der Waals surface area contributed by atoms with Crippen LogP contribution in [0.3, 0.4) is 0 Å². The largest absolute Gasteiger partial charge is 0.319 e. The predicted octanol–water partition coefficient (Wildman–Crippen LogP) is 1.45. The van der Waals surface area contributed by atoms with Gasteiger partial charge in [0.2, 0.25) is 0 Å². The highest BCUT2D eigenvalue weighted by Crippen LogP contribution is 2.14. The van der Waals surface area contributed by atoms with Gasteiger partial charge in [0.15, 0.2) is 0 Å². The van der Waals surface area contributed by atoms with Gasteiger partial charge in [-0.15, -0.1) is 6.58 Å². The Morgan fingerprint density at radius 2 is 2.27 bits per heavy atom. The molecule has 2 aromatic heterocycles. The molecule has 0 saturated carbocycles. The number of nitrogens with two attached hydrogens (primary N) is 1. The highest BCUT2D eigenvalue weighted by molar-refractivity contribution is 5.30. The molecule has 0 aliphatic heterocycles. The van der Waals surface area contributed by atoms with E-state index in [0.29, 0.717) is 0 Å². The molecule has 1 unspecified atom stereocenters. The van der Waals surface area contributed by atoms with E-state index in [1.54, 1.807) is 29.3 Å². The molecule has 2 aromatic rings. The first-order valence-electron chi connectivity index (χ1n) is 4.65. The second-order valence-electron chi connectivity index (χ2n) is 3.14. The van der Waals surface area contributed by atoms with Gasteiger partial charge >= 0.3 is 0 Å². The number of hydrogen-bond donors (Lipinski definition) is 1. The van der Waals surface area contributed by atoms with Gasteiger partial charge in [0.25, 0.3) is 0 Å². The van der Waals surface area contributed by atoms with E-state index in [9.17, 15) is 0 Å². The van der Waals surface area contributed by atoms with Gasteiger partial charge in [-0.3, -0.25) is 4.98 Å². The van der Waals surface area contributed by atoms with E-state index in [1.807, 2.05) is 18.2 Å². The van der Waals surface area contributed by atoms with Gasteiger partial charge in [-0.25, -0.2) is 4.68 Å². The van der Waals surface area contributed by atoms with E-state index in [-0.39, 0.29) is 6.04 Å². The van der Waals surface area contributed by atoms with Gasteiger partial charge in [0, 0.05) is 12.4 Å². The van der Waals surface area contributed by atoms with Crippen molar-refractivity contribution in [3.63, 3.8) is 0 Å². The summed E-state index contributed by atoms with van der Waals surface area (Å²) in [7, 11) is 0. The van der Waals surface area contributed by atoms with Gasteiger partial charge in [0.05, 0.1) is 23.6 Å². The fourth-order valence-electron chi connectivity index (χ4n) is 1.38. The van der Waals surface area contributed by atoms with Crippen LogP contribution < -0.4 is 5.73 Å². The summed E-state index contributed by atoms with van der Waals surface area (Å²) >= 11 is 0. The summed E-state index contributed by atoms with van der Waals surface area (Å²) < 4.78 is 1.76. The number of rotatable bonds is 3. The Kier molecular flexibility index (Phi) is 2.60. The molecule has 0 amide bonds. The molecule has 0 bridgehead atoms. The molecule has 4 nitrogen and oxygen atoms in total. The Morgan fingerprint density at radius 3 is 2.93 bits per heavy atom. The quantitative estimate of drug-likeness (QED) is 0.763. The Labute approximate surface area is 88.1 Å². The minimum atomic E-state index is -0.215. The van der Waals surface area contributed by atoms with E-state index in [2.05, 4.69) is 16.7 Å². The topological polar surface area (TPSA) is 56.7 Å². The van der Waals surface area contributed by atoms with Crippen LogP contribution in [0.15, 0.2) is 49.4 Å².